The Hall–Kier alpha value is -2.21. The summed E-state index contributed by atoms with van der Waals surface area (Å²) in [5.41, 5.74) is 7.36. The van der Waals surface area contributed by atoms with Gasteiger partial charge in [-0.15, -0.1) is 0 Å². The Bertz CT molecular complexity index is 446. The van der Waals surface area contributed by atoms with Crippen LogP contribution in [0.25, 0.3) is 5.53 Å². The van der Waals surface area contributed by atoms with Crippen molar-refractivity contribution in [1.82, 2.24) is 4.90 Å². The molecule has 0 N–H and O–H groups in total. The Morgan fingerprint density at radius 3 is 2.05 bits per heavy atom. The van der Waals surface area contributed by atoms with E-state index in [0.717, 1.165) is 7.11 Å². The first kappa shape index (κ1) is 17.8. The molecule has 0 bridgehead atoms. The van der Waals surface area contributed by atoms with Crippen molar-refractivity contribution in [3.8, 4) is 0 Å². The van der Waals surface area contributed by atoms with Crippen molar-refractivity contribution in [3.05, 3.63) is 5.53 Å². The van der Waals surface area contributed by atoms with Gasteiger partial charge in [-0.1, -0.05) is 0 Å². The molecule has 0 aliphatic heterocycles. The normalized spacial score (nSPS) is 10.2. The van der Waals surface area contributed by atoms with Crippen molar-refractivity contribution < 1.29 is 28.6 Å². The molecule has 0 heterocycles. The number of carbonyl (C=O) groups is 3. The molecule has 8 nitrogen and oxygen atoms in total. The average molecular weight is 285 g/mol. The third-order valence-corrected chi connectivity index (χ3v) is 2.50. The van der Waals surface area contributed by atoms with E-state index in [2.05, 4.69) is 14.3 Å². The van der Waals surface area contributed by atoms with Crippen LogP contribution in [0.5, 0.6) is 0 Å². The number of hydrogen-bond donors (Lipinski definition) is 0. The molecule has 0 rings (SSSR count). The van der Waals surface area contributed by atoms with Gasteiger partial charge in [0, 0.05) is 12.1 Å². The maximum Gasteiger partial charge on any atom is 0.463 e. The van der Waals surface area contributed by atoms with Crippen molar-refractivity contribution >= 4 is 23.6 Å². The molecule has 0 aliphatic rings. The SMILES string of the molecule is COC(=O)CCN(C(=O)C(=[N+]=[N-])C(=O)OC)C(C)(C)C. The van der Waals surface area contributed by atoms with Gasteiger partial charge in [0.2, 0.25) is 0 Å². The predicted molar refractivity (Wildman–Crippen MR) is 68.7 cm³/mol. The molecule has 0 spiro atoms. The summed E-state index contributed by atoms with van der Waals surface area (Å²) in [5.74, 6) is -2.37. The first-order valence-electron chi connectivity index (χ1n) is 5.88. The molecule has 0 aromatic rings. The second-order valence-electron chi connectivity index (χ2n) is 4.89. The molecule has 0 aromatic carbocycles. The minimum absolute atomic E-state index is 0.0189. The predicted octanol–water partition coefficient (Wildman–Crippen LogP) is 0.0204. The van der Waals surface area contributed by atoms with Gasteiger partial charge < -0.3 is 19.9 Å². The zero-order valence-electron chi connectivity index (χ0n) is 12.3. The highest BCUT2D eigenvalue weighted by molar-refractivity contribution is 6.61. The summed E-state index contributed by atoms with van der Waals surface area (Å²) in [6.45, 7) is 5.17. The molecular weight excluding hydrogens is 266 g/mol. The van der Waals surface area contributed by atoms with Crippen LogP contribution in [0.4, 0.5) is 0 Å². The van der Waals surface area contributed by atoms with Gasteiger partial charge in [-0.25, -0.2) is 4.79 Å². The Kier molecular flexibility index (Phi) is 6.58. The summed E-state index contributed by atoms with van der Waals surface area (Å²) < 4.78 is 8.87. The lowest BCUT2D eigenvalue weighted by molar-refractivity contribution is -0.145. The lowest BCUT2D eigenvalue weighted by atomic mass is 10.0. The highest BCUT2D eigenvalue weighted by atomic mass is 16.5. The maximum atomic E-state index is 12.2. The van der Waals surface area contributed by atoms with E-state index >= 15 is 0 Å². The van der Waals surface area contributed by atoms with E-state index < -0.39 is 29.1 Å². The molecule has 0 saturated heterocycles. The quantitative estimate of drug-likeness (QED) is 0.232. The van der Waals surface area contributed by atoms with E-state index in [1.54, 1.807) is 20.8 Å². The van der Waals surface area contributed by atoms with E-state index in [1.807, 2.05) is 0 Å². The second-order valence-corrected chi connectivity index (χ2v) is 4.89. The Morgan fingerprint density at radius 1 is 1.15 bits per heavy atom. The minimum atomic E-state index is -1.05. The van der Waals surface area contributed by atoms with Gasteiger partial charge in [-0.05, 0) is 20.8 Å². The first-order chi connectivity index (χ1) is 9.18. The lowest BCUT2D eigenvalue weighted by Gasteiger charge is -2.33. The molecule has 112 valence electrons. The fraction of sp³-hybridized carbons (Fsp3) is 0.667. The molecule has 20 heavy (non-hydrogen) atoms. The van der Waals surface area contributed by atoms with E-state index in [9.17, 15) is 14.4 Å². The summed E-state index contributed by atoms with van der Waals surface area (Å²) in [5, 5.41) is 0. The van der Waals surface area contributed by atoms with Crippen LogP contribution in [0.15, 0.2) is 0 Å². The minimum Gasteiger partial charge on any atom is -0.469 e. The van der Waals surface area contributed by atoms with Crippen LogP contribution in [0, 0.1) is 0 Å². The third-order valence-electron chi connectivity index (χ3n) is 2.50. The number of rotatable bonds is 5. The van der Waals surface area contributed by atoms with E-state index in [1.165, 1.54) is 12.0 Å². The zero-order valence-corrected chi connectivity index (χ0v) is 12.3. The zero-order chi connectivity index (χ0) is 15.9. The van der Waals surface area contributed by atoms with Crippen molar-refractivity contribution in [1.29, 1.82) is 0 Å². The average Bonchev–Trinajstić information content (AvgIpc) is 2.37. The van der Waals surface area contributed by atoms with Gasteiger partial charge in [0.05, 0.1) is 20.6 Å². The summed E-state index contributed by atoms with van der Waals surface area (Å²) >= 11 is 0. The van der Waals surface area contributed by atoms with Crippen LogP contribution in [0.1, 0.15) is 27.2 Å². The van der Waals surface area contributed by atoms with Crippen molar-refractivity contribution in [2.45, 2.75) is 32.7 Å². The molecule has 0 aliphatic carbocycles. The van der Waals surface area contributed by atoms with Crippen LogP contribution in [-0.4, -0.2) is 59.6 Å². The van der Waals surface area contributed by atoms with Crippen LogP contribution in [-0.2, 0) is 23.9 Å². The summed E-state index contributed by atoms with van der Waals surface area (Å²) in [6, 6.07) is 0. The topological polar surface area (TPSA) is 109 Å². The largest absolute Gasteiger partial charge is 0.469 e. The van der Waals surface area contributed by atoms with E-state index in [4.69, 9.17) is 5.53 Å². The Morgan fingerprint density at radius 2 is 1.70 bits per heavy atom. The van der Waals surface area contributed by atoms with E-state index in [-0.39, 0.29) is 13.0 Å². The molecule has 1 amide bonds. The molecule has 0 atom stereocenters. The summed E-state index contributed by atoms with van der Waals surface area (Å²) in [7, 11) is 2.30. The molecule has 0 aromatic heterocycles. The first-order valence-corrected chi connectivity index (χ1v) is 5.88. The van der Waals surface area contributed by atoms with E-state index in [0.29, 0.717) is 0 Å². The number of hydrogen-bond acceptors (Lipinski definition) is 5. The molecule has 0 radical (unpaired) electrons. The van der Waals surface area contributed by atoms with Crippen molar-refractivity contribution in [2.24, 2.45) is 0 Å². The smallest absolute Gasteiger partial charge is 0.463 e. The molecule has 0 fully saturated rings. The van der Waals surface area contributed by atoms with Gasteiger partial charge in [0.1, 0.15) is 0 Å². The molecule has 0 unspecified atom stereocenters. The number of esters is 2. The highest BCUT2D eigenvalue weighted by Gasteiger charge is 2.39. The number of amides is 1. The Labute approximate surface area is 117 Å². The van der Waals surface area contributed by atoms with Gasteiger partial charge in [-0.3, -0.25) is 9.59 Å². The Balaban J connectivity index is 5.24. The van der Waals surface area contributed by atoms with Crippen LogP contribution < -0.4 is 0 Å². The molecule has 0 saturated carbocycles. The number of nitrogens with zero attached hydrogens (tertiary/aromatic N) is 3. The number of carbonyl (C=O) groups excluding carboxylic acids is 3. The van der Waals surface area contributed by atoms with Crippen LogP contribution in [0.2, 0.25) is 0 Å². The second kappa shape index (κ2) is 7.40. The maximum absolute atomic E-state index is 12.2. The van der Waals surface area contributed by atoms with Crippen molar-refractivity contribution in [2.75, 3.05) is 20.8 Å². The lowest BCUT2D eigenvalue weighted by Crippen LogP contribution is -2.51. The van der Waals surface area contributed by atoms with Crippen molar-refractivity contribution in [3.63, 3.8) is 0 Å². The van der Waals surface area contributed by atoms with Gasteiger partial charge in [0.15, 0.2) is 0 Å². The fourth-order valence-corrected chi connectivity index (χ4v) is 1.44. The van der Waals surface area contributed by atoms with Crippen LogP contribution >= 0.6 is 0 Å². The fourth-order valence-electron chi connectivity index (χ4n) is 1.44. The standard InChI is InChI=1S/C12H19N3O5/c1-12(2,3)15(7-6-8(16)19-4)10(17)9(14-13)11(18)20-5/h6-7H2,1-5H3. The number of ether oxygens (including phenoxy) is 2. The van der Waals surface area contributed by atoms with Gasteiger partial charge in [-0.2, -0.15) is 4.79 Å². The van der Waals surface area contributed by atoms with Gasteiger partial charge >= 0.3 is 23.6 Å². The summed E-state index contributed by atoms with van der Waals surface area (Å²) in [4.78, 5) is 38.6. The monoisotopic (exact) mass is 285 g/mol. The molecular formula is C12H19N3O5. The molecule has 8 heteroatoms. The number of methoxy groups -OCH3 is 2. The van der Waals surface area contributed by atoms with Crippen LogP contribution in [0.3, 0.4) is 0 Å². The highest BCUT2D eigenvalue weighted by Crippen LogP contribution is 2.15. The third kappa shape index (κ3) is 4.81. The van der Waals surface area contributed by atoms with Gasteiger partial charge in [0.25, 0.3) is 0 Å². The summed E-state index contributed by atoms with van der Waals surface area (Å²) in [6.07, 6.45) is -0.0423.